The van der Waals surface area contributed by atoms with Crippen molar-refractivity contribution >= 4 is 38.8 Å². The first-order valence-corrected chi connectivity index (χ1v) is 5.98. The second-order valence-corrected chi connectivity index (χ2v) is 4.70. The molecule has 0 radical (unpaired) electrons. The molecule has 0 atom stereocenters. The molecule has 1 N–H and O–H groups in total. The van der Waals surface area contributed by atoms with Crippen LogP contribution in [-0.4, -0.2) is 11.7 Å². The van der Waals surface area contributed by atoms with E-state index in [0.29, 0.717) is 11.3 Å². The van der Waals surface area contributed by atoms with Crippen molar-refractivity contribution < 1.29 is 9.59 Å². The van der Waals surface area contributed by atoms with Gasteiger partial charge in [-0.1, -0.05) is 6.92 Å². The summed E-state index contributed by atoms with van der Waals surface area (Å²) in [5.41, 5.74) is 2.38. The fourth-order valence-electron chi connectivity index (χ4n) is 1.99. The van der Waals surface area contributed by atoms with Crippen molar-refractivity contribution in [3.05, 3.63) is 28.6 Å². The van der Waals surface area contributed by atoms with Gasteiger partial charge >= 0.3 is 0 Å². The lowest BCUT2D eigenvalue weighted by atomic mass is 10.1. The molecule has 1 aromatic carbocycles. The van der Waals surface area contributed by atoms with Gasteiger partial charge in [0, 0.05) is 4.70 Å². The van der Waals surface area contributed by atoms with Gasteiger partial charge in [-0.15, -0.1) is 11.3 Å². The zero-order valence-electron chi connectivity index (χ0n) is 8.66. The number of hydrogen-bond acceptors (Lipinski definition) is 3. The largest absolute Gasteiger partial charge is 0.318 e. The van der Waals surface area contributed by atoms with Gasteiger partial charge in [0.25, 0.3) is 11.7 Å². The van der Waals surface area contributed by atoms with Gasteiger partial charge in [0.05, 0.1) is 11.3 Å². The summed E-state index contributed by atoms with van der Waals surface area (Å²) in [6.07, 6.45) is 0.939. The van der Waals surface area contributed by atoms with Gasteiger partial charge in [-0.05, 0) is 34.9 Å². The van der Waals surface area contributed by atoms with Crippen molar-refractivity contribution in [1.29, 1.82) is 0 Å². The van der Waals surface area contributed by atoms with Crippen molar-refractivity contribution in [3.8, 4) is 0 Å². The molecule has 0 aliphatic carbocycles. The summed E-state index contributed by atoms with van der Waals surface area (Å²) in [6, 6.07) is 3.72. The van der Waals surface area contributed by atoms with Crippen LogP contribution >= 0.6 is 11.3 Å². The Morgan fingerprint density at radius 2 is 2.12 bits per heavy atom. The highest BCUT2D eigenvalue weighted by molar-refractivity contribution is 7.17. The minimum absolute atomic E-state index is 0.426. The van der Waals surface area contributed by atoms with E-state index in [-0.39, 0.29) is 0 Å². The number of hydrogen-bond donors (Lipinski definition) is 1. The Bertz CT molecular complexity index is 627. The Labute approximate surface area is 96.1 Å². The van der Waals surface area contributed by atoms with Gasteiger partial charge in [-0.2, -0.15) is 0 Å². The molecule has 2 heterocycles. The number of Topliss-reactive ketones (excluding diaryl/α,β-unsaturated/α-hetero) is 1. The average Bonchev–Trinajstić information content (AvgIpc) is 2.79. The highest BCUT2D eigenvalue weighted by atomic mass is 32.1. The predicted octanol–water partition coefficient (Wildman–Crippen LogP) is 2.60. The van der Waals surface area contributed by atoms with E-state index in [1.54, 1.807) is 11.3 Å². The van der Waals surface area contributed by atoms with Crippen LogP contribution < -0.4 is 5.32 Å². The smallest absolute Gasteiger partial charge is 0.296 e. The number of ketones is 1. The lowest BCUT2D eigenvalue weighted by molar-refractivity contribution is -0.112. The van der Waals surface area contributed by atoms with Crippen LogP contribution in [0.5, 0.6) is 0 Å². The fraction of sp³-hybridized carbons (Fsp3) is 0.167. The molecule has 3 nitrogen and oxygen atoms in total. The molecular weight excluding hydrogens is 222 g/mol. The van der Waals surface area contributed by atoms with Crippen molar-refractivity contribution in [2.75, 3.05) is 5.32 Å². The van der Waals surface area contributed by atoms with E-state index >= 15 is 0 Å². The molecule has 0 saturated heterocycles. The summed E-state index contributed by atoms with van der Waals surface area (Å²) in [6.45, 7) is 2.08. The van der Waals surface area contributed by atoms with Crippen LogP contribution in [0.2, 0.25) is 0 Å². The number of anilines is 1. The third-order valence-electron chi connectivity index (χ3n) is 2.87. The minimum atomic E-state index is -0.522. The number of aryl methyl sites for hydroxylation is 1. The lowest BCUT2D eigenvalue weighted by Crippen LogP contribution is -2.12. The first-order chi connectivity index (χ1) is 7.70. The van der Waals surface area contributed by atoms with E-state index in [9.17, 15) is 9.59 Å². The number of thiophene rings is 1. The maximum atomic E-state index is 11.6. The third kappa shape index (κ3) is 1.13. The van der Waals surface area contributed by atoms with E-state index < -0.39 is 11.7 Å². The first-order valence-electron chi connectivity index (χ1n) is 5.10. The van der Waals surface area contributed by atoms with Crippen molar-refractivity contribution in [2.24, 2.45) is 0 Å². The molecular formula is C12H9NO2S. The number of rotatable bonds is 1. The summed E-state index contributed by atoms with van der Waals surface area (Å²) in [5.74, 6) is -0.948. The Hall–Kier alpha value is -1.68. The summed E-state index contributed by atoms with van der Waals surface area (Å²) >= 11 is 1.64. The van der Waals surface area contributed by atoms with Crippen LogP contribution in [0, 0.1) is 0 Å². The minimum Gasteiger partial charge on any atom is -0.318 e. The van der Waals surface area contributed by atoms with Gasteiger partial charge in [0.1, 0.15) is 0 Å². The maximum absolute atomic E-state index is 11.6. The molecule has 4 heteroatoms. The number of amides is 1. The average molecular weight is 231 g/mol. The van der Waals surface area contributed by atoms with Gasteiger partial charge in [0.15, 0.2) is 0 Å². The highest BCUT2D eigenvalue weighted by Crippen LogP contribution is 2.34. The van der Waals surface area contributed by atoms with Crippen LogP contribution in [0.4, 0.5) is 5.69 Å². The number of fused-ring (bicyclic) bond motifs is 2. The summed E-state index contributed by atoms with van der Waals surface area (Å²) in [5, 5.41) is 5.78. The predicted molar refractivity (Wildman–Crippen MR) is 64.2 cm³/mol. The van der Waals surface area contributed by atoms with Gasteiger partial charge in [-0.3, -0.25) is 9.59 Å². The molecule has 0 fully saturated rings. The van der Waals surface area contributed by atoms with Crippen LogP contribution in [-0.2, 0) is 11.2 Å². The van der Waals surface area contributed by atoms with Crippen molar-refractivity contribution in [3.63, 3.8) is 0 Å². The number of carbonyl (C=O) groups excluding carboxylic acids is 2. The summed E-state index contributed by atoms with van der Waals surface area (Å²) in [4.78, 5) is 22.8. The molecule has 0 spiro atoms. The van der Waals surface area contributed by atoms with Gasteiger partial charge < -0.3 is 5.32 Å². The van der Waals surface area contributed by atoms with Crippen LogP contribution in [0.15, 0.2) is 17.5 Å². The van der Waals surface area contributed by atoms with E-state index in [4.69, 9.17) is 0 Å². The maximum Gasteiger partial charge on any atom is 0.296 e. The summed E-state index contributed by atoms with van der Waals surface area (Å²) in [7, 11) is 0. The molecule has 3 rings (SSSR count). The van der Waals surface area contributed by atoms with Gasteiger partial charge in [0.2, 0.25) is 0 Å². The Morgan fingerprint density at radius 3 is 2.88 bits per heavy atom. The van der Waals surface area contributed by atoms with Gasteiger partial charge in [-0.25, -0.2) is 0 Å². The second-order valence-electron chi connectivity index (χ2n) is 3.79. The molecule has 0 unspecified atom stereocenters. The number of carbonyl (C=O) groups is 2. The normalized spacial score (nSPS) is 14.3. The lowest BCUT2D eigenvalue weighted by Gasteiger charge is -1.98. The molecule has 1 amide bonds. The van der Waals surface area contributed by atoms with E-state index in [0.717, 1.165) is 16.5 Å². The molecule has 1 aromatic heterocycles. The van der Waals surface area contributed by atoms with E-state index in [1.807, 2.05) is 12.1 Å². The zero-order chi connectivity index (χ0) is 11.3. The number of benzene rings is 1. The number of nitrogens with one attached hydrogen (secondary N) is 1. The van der Waals surface area contributed by atoms with Crippen LogP contribution in [0.25, 0.3) is 10.1 Å². The molecule has 0 bridgehead atoms. The Morgan fingerprint density at radius 1 is 1.31 bits per heavy atom. The topological polar surface area (TPSA) is 46.2 Å². The Balaban J connectivity index is 2.32. The van der Waals surface area contributed by atoms with Crippen LogP contribution in [0.3, 0.4) is 0 Å². The first kappa shape index (κ1) is 9.54. The molecule has 16 heavy (non-hydrogen) atoms. The summed E-state index contributed by atoms with van der Waals surface area (Å²) < 4.78 is 1.12. The second kappa shape index (κ2) is 3.15. The third-order valence-corrected chi connectivity index (χ3v) is 3.87. The molecule has 80 valence electrons. The Kier molecular flexibility index (Phi) is 1.88. The monoisotopic (exact) mass is 231 g/mol. The fourth-order valence-corrected chi connectivity index (χ4v) is 3.06. The molecule has 1 aliphatic heterocycles. The van der Waals surface area contributed by atoms with E-state index in [2.05, 4.69) is 17.6 Å². The van der Waals surface area contributed by atoms with Crippen molar-refractivity contribution in [2.45, 2.75) is 13.3 Å². The molecule has 2 aromatic rings. The molecule has 1 aliphatic rings. The van der Waals surface area contributed by atoms with Crippen LogP contribution in [0.1, 0.15) is 22.8 Å². The van der Waals surface area contributed by atoms with E-state index in [1.165, 1.54) is 5.56 Å². The zero-order valence-corrected chi connectivity index (χ0v) is 9.48. The highest BCUT2D eigenvalue weighted by Gasteiger charge is 2.28. The quantitative estimate of drug-likeness (QED) is 0.767. The SMILES string of the molecule is CCc1csc2cc3c(cc12)C(=O)C(=O)N3. The van der Waals surface area contributed by atoms with Crippen molar-refractivity contribution in [1.82, 2.24) is 0 Å². The standard InChI is InChI=1S/C12H9NO2S/c1-2-6-5-16-10-4-9-8(3-7(6)10)11(14)12(15)13-9/h3-5H,2H2,1H3,(H,13,14,15). The molecule has 0 saturated carbocycles.